The maximum Gasteiger partial charge on any atom is 0.271 e. The van der Waals surface area contributed by atoms with Crippen LogP contribution in [0.5, 0.6) is 0 Å². The van der Waals surface area contributed by atoms with E-state index >= 15 is 0 Å². The Morgan fingerprint density at radius 1 is 1.22 bits per heavy atom. The minimum Gasteiger partial charge on any atom is -0.341 e. The van der Waals surface area contributed by atoms with Crippen LogP contribution in [-0.4, -0.2) is 44.4 Å². The van der Waals surface area contributed by atoms with E-state index in [4.69, 9.17) is 11.6 Å². The van der Waals surface area contributed by atoms with E-state index in [1.165, 1.54) is 0 Å². The number of hydrogen-bond acceptors (Lipinski definition) is 7. The second kappa shape index (κ2) is 9.53. The van der Waals surface area contributed by atoms with Crippen LogP contribution >= 0.6 is 23.4 Å². The summed E-state index contributed by atoms with van der Waals surface area (Å²) in [5.41, 5.74) is 0.118. The Bertz CT molecular complexity index is 1170. The first-order valence-corrected chi connectivity index (χ1v) is 11.1. The van der Waals surface area contributed by atoms with E-state index in [1.807, 2.05) is 18.2 Å². The van der Waals surface area contributed by atoms with Gasteiger partial charge in [-0.3, -0.25) is 19.5 Å². The quantitative estimate of drug-likeness (QED) is 0.308. The van der Waals surface area contributed by atoms with Gasteiger partial charge in [0, 0.05) is 25.2 Å². The van der Waals surface area contributed by atoms with Crippen molar-refractivity contribution in [2.45, 2.75) is 18.0 Å². The fourth-order valence-electron chi connectivity index (χ4n) is 3.36. The van der Waals surface area contributed by atoms with Crippen LogP contribution in [0.1, 0.15) is 12.8 Å². The van der Waals surface area contributed by atoms with Crippen LogP contribution in [-0.2, 0) is 4.79 Å². The van der Waals surface area contributed by atoms with Crippen LogP contribution < -0.4 is 10.2 Å². The number of amides is 1. The maximum atomic E-state index is 14.0. The highest BCUT2D eigenvalue weighted by Gasteiger charge is 2.24. The number of thioether (sulfide) groups is 1. The van der Waals surface area contributed by atoms with Gasteiger partial charge in [-0.1, -0.05) is 35.5 Å². The molecule has 1 aromatic heterocycles. The van der Waals surface area contributed by atoms with Gasteiger partial charge >= 0.3 is 0 Å². The molecule has 2 heterocycles. The van der Waals surface area contributed by atoms with Crippen LogP contribution in [0.4, 0.5) is 21.7 Å². The summed E-state index contributed by atoms with van der Waals surface area (Å²) in [6, 6.07) is 10.2. The normalized spacial score (nSPS) is 13.4. The summed E-state index contributed by atoms with van der Waals surface area (Å²) in [6.07, 6.45) is 2.10. The molecule has 0 bridgehead atoms. The number of non-ortho nitro benzene ring substituents is 1. The first-order chi connectivity index (χ1) is 15.4. The minimum atomic E-state index is -0.760. The summed E-state index contributed by atoms with van der Waals surface area (Å²) in [5, 5.41) is 22.8. The summed E-state index contributed by atoms with van der Waals surface area (Å²) in [4.78, 5) is 24.8. The van der Waals surface area contributed by atoms with E-state index < -0.39 is 16.6 Å². The lowest BCUT2D eigenvalue weighted by Crippen LogP contribution is -2.22. The van der Waals surface area contributed by atoms with Crippen molar-refractivity contribution < 1.29 is 14.1 Å². The Kier molecular flexibility index (Phi) is 6.56. The molecule has 0 aliphatic carbocycles. The predicted octanol–water partition coefficient (Wildman–Crippen LogP) is 4.30. The number of nitrogens with one attached hydrogen (secondary N) is 1. The molecule has 1 N–H and O–H groups in total. The third-order valence-electron chi connectivity index (χ3n) is 4.87. The van der Waals surface area contributed by atoms with Gasteiger partial charge in [-0.25, -0.2) is 4.39 Å². The summed E-state index contributed by atoms with van der Waals surface area (Å²) < 4.78 is 15.8. The zero-order valence-electron chi connectivity index (χ0n) is 16.7. The van der Waals surface area contributed by atoms with Gasteiger partial charge in [0.1, 0.15) is 5.82 Å². The van der Waals surface area contributed by atoms with Gasteiger partial charge in [-0.15, -0.1) is 10.2 Å². The topological polar surface area (TPSA) is 106 Å². The molecule has 32 heavy (non-hydrogen) atoms. The van der Waals surface area contributed by atoms with Crippen molar-refractivity contribution in [3.8, 4) is 5.69 Å². The Balaban J connectivity index is 1.55. The van der Waals surface area contributed by atoms with Crippen LogP contribution in [0.15, 0.2) is 47.6 Å². The number of carbonyl (C=O) groups is 1. The summed E-state index contributed by atoms with van der Waals surface area (Å²) in [6.45, 7) is 1.69. The van der Waals surface area contributed by atoms with Gasteiger partial charge in [-0.2, -0.15) is 0 Å². The zero-order chi connectivity index (χ0) is 22.7. The molecule has 166 valence electrons. The molecular formula is C20H18ClFN6O3S. The molecule has 4 rings (SSSR count). The number of carbonyl (C=O) groups excluding carboxylic acids is 1. The Morgan fingerprint density at radius 3 is 2.69 bits per heavy atom. The lowest BCUT2D eigenvalue weighted by Gasteiger charge is -2.19. The van der Waals surface area contributed by atoms with E-state index in [0.29, 0.717) is 21.8 Å². The van der Waals surface area contributed by atoms with Gasteiger partial charge in [0.15, 0.2) is 5.16 Å². The summed E-state index contributed by atoms with van der Waals surface area (Å²) in [5.74, 6) is -0.761. The third kappa shape index (κ3) is 4.68. The molecule has 1 fully saturated rings. The van der Waals surface area contributed by atoms with Gasteiger partial charge in [-0.05, 0) is 31.0 Å². The summed E-state index contributed by atoms with van der Waals surface area (Å²) >= 11 is 7.52. The molecule has 1 saturated heterocycles. The monoisotopic (exact) mass is 476 g/mol. The second-order valence-electron chi connectivity index (χ2n) is 7.02. The highest BCUT2D eigenvalue weighted by molar-refractivity contribution is 7.99. The van der Waals surface area contributed by atoms with Crippen LogP contribution in [0, 0.1) is 15.9 Å². The van der Waals surface area contributed by atoms with Crippen LogP contribution in [0.2, 0.25) is 5.02 Å². The van der Waals surface area contributed by atoms with Crippen molar-refractivity contribution >= 4 is 46.6 Å². The number of halogens is 2. The number of aromatic nitrogens is 3. The molecule has 3 aromatic rings. The average Bonchev–Trinajstić information content (AvgIpc) is 3.44. The van der Waals surface area contributed by atoms with Gasteiger partial charge in [0.25, 0.3) is 5.69 Å². The molecule has 12 heteroatoms. The lowest BCUT2D eigenvalue weighted by atomic mass is 10.2. The first kappa shape index (κ1) is 22.0. The number of hydrogen-bond donors (Lipinski definition) is 1. The fourth-order valence-corrected chi connectivity index (χ4v) is 4.32. The molecule has 0 atom stereocenters. The number of nitro benzene ring substituents is 1. The van der Waals surface area contributed by atoms with Crippen molar-refractivity contribution in [1.29, 1.82) is 0 Å². The van der Waals surface area contributed by atoms with Gasteiger partial charge in [0.2, 0.25) is 11.9 Å². The maximum absolute atomic E-state index is 14.0. The number of nitrogens with zero attached hydrogens (tertiary/aromatic N) is 5. The molecule has 9 nitrogen and oxygen atoms in total. The van der Waals surface area contributed by atoms with Crippen molar-refractivity contribution in [3.05, 3.63) is 63.4 Å². The fraction of sp³-hybridized carbons (Fsp3) is 0.250. The Labute approximate surface area is 191 Å². The molecule has 0 spiro atoms. The average molecular weight is 477 g/mol. The molecular weight excluding hydrogens is 459 g/mol. The Morgan fingerprint density at radius 2 is 1.97 bits per heavy atom. The highest BCUT2D eigenvalue weighted by atomic mass is 35.5. The standard InChI is InChI=1S/C20H18ClFN6O3S/c21-14-5-1-2-6-17(14)27-19(26-9-3-4-10-26)24-25-20(27)32-12-18(29)23-16-11-13(28(30)31)7-8-15(16)22/h1-2,5-8,11H,3-4,9-10,12H2,(H,23,29). The molecule has 2 aromatic carbocycles. The third-order valence-corrected chi connectivity index (χ3v) is 6.11. The van der Waals surface area contributed by atoms with Crippen molar-refractivity contribution in [3.63, 3.8) is 0 Å². The zero-order valence-corrected chi connectivity index (χ0v) is 18.3. The van der Waals surface area contributed by atoms with Gasteiger partial charge < -0.3 is 10.2 Å². The van der Waals surface area contributed by atoms with E-state index in [1.54, 1.807) is 10.6 Å². The highest BCUT2D eigenvalue weighted by Crippen LogP contribution is 2.32. The van der Waals surface area contributed by atoms with Crippen LogP contribution in [0.3, 0.4) is 0 Å². The van der Waals surface area contributed by atoms with Crippen molar-refractivity contribution in [2.75, 3.05) is 29.1 Å². The second-order valence-corrected chi connectivity index (χ2v) is 8.37. The molecule has 1 aliphatic rings. The SMILES string of the molecule is O=C(CSc1nnc(N2CCCC2)n1-c1ccccc1Cl)Nc1cc([N+](=O)[O-])ccc1F. The van der Waals surface area contributed by atoms with Crippen molar-refractivity contribution in [2.24, 2.45) is 0 Å². The first-order valence-electron chi connectivity index (χ1n) is 9.76. The number of nitro groups is 1. The molecule has 1 aliphatic heterocycles. The van der Waals surface area contributed by atoms with E-state index in [2.05, 4.69) is 20.4 Å². The van der Waals surface area contributed by atoms with E-state index in [0.717, 1.165) is 55.9 Å². The largest absolute Gasteiger partial charge is 0.341 e. The molecule has 0 unspecified atom stereocenters. The molecule has 1 amide bonds. The van der Waals surface area contributed by atoms with E-state index in [-0.39, 0.29) is 17.1 Å². The molecule has 0 saturated carbocycles. The number of benzene rings is 2. The number of rotatable bonds is 7. The lowest BCUT2D eigenvalue weighted by molar-refractivity contribution is -0.384. The smallest absolute Gasteiger partial charge is 0.271 e. The predicted molar refractivity (Wildman–Crippen MR) is 120 cm³/mol. The number of para-hydroxylation sites is 1. The summed E-state index contributed by atoms with van der Waals surface area (Å²) in [7, 11) is 0. The Hall–Kier alpha value is -3.18. The van der Waals surface area contributed by atoms with Crippen molar-refractivity contribution in [1.82, 2.24) is 14.8 Å². The van der Waals surface area contributed by atoms with Gasteiger partial charge in [0.05, 0.1) is 27.1 Å². The molecule has 0 radical (unpaired) electrons. The van der Waals surface area contributed by atoms with E-state index in [9.17, 15) is 19.3 Å². The van der Waals surface area contributed by atoms with Crippen LogP contribution in [0.25, 0.3) is 5.69 Å². The number of anilines is 2. The minimum absolute atomic E-state index is 0.106.